The molecule has 0 aromatic heterocycles. The molecule has 0 spiro atoms. The Morgan fingerprint density at radius 3 is 2.12 bits per heavy atom. The standard InChI is InChI=1S/C25H24N2O5/c1-16-10-11-19(27(29)30)14-23(16)26-24(28)22-15-25(22,17-6-4-8-20(12-17)31-2)18-7-5-9-21(13-18)32-3/h4-14,22H,15H2,1-3H3,(H,26,28)/t22-/m0/s1. The third-order valence-corrected chi connectivity index (χ3v) is 6.14. The van der Waals surface area contributed by atoms with Crippen molar-refractivity contribution in [3.8, 4) is 11.5 Å². The number of amides is 1. The molecule has 1 saturated carbocycles. The van der Waals surface area contributed by atoms with Crippen molar-refractivity contribution in [3.05, 3.63) is 93.5 Å². The number of nitro groups is 1. The van der Waals surface area contributed by atoms with E-state index < -0.39 is 10.3 Å². The van der Waals surface area contributed by atoms with Gasteiger partial charge in [-0.25, -0.2) is 0 Å². The summed E-state index contributed by atoms with van der Waals surface area (Å²) >= 11 is 0. The van der Waals surface area contributed by atoms with E-state index in [2.05, 4.69) is 5.32 Å². The third kappa shape index (κ3) is 3.77. The normalized spacial score (nSPS) is 16.2. The van der Waals surface area contributed by atoms with Crippen LogP contribution < -0.4 is 14.8 Å². The molecule has 0 unspecified atom stereocenters. The lowest BCUT2D eigenvalue weighted by atomic mass is 9.85. The SMILES string of the molecule is COc1cccc(C2(c3cccc(OC)c3)C[C@H]2C(=O)Nc2cc([N+](=O)[O-])ccc2C)c1. The Balaban J connectivity index is 1.71. The number of carbonyl (C=O) groups is 1. The van der Waals surface area contributed by atoms with Crippen molar-refractivity contribution < 1.29 is 19.2 Å². The molecule has 1 aliphatic rings. The van der Waals surface area contributed by atoms with Gasteiger partial charge in [-0.3, -0.25) is 14.9 Å². The van der Waals surface area contributed by atoms with E-state index in [-0.39, 0.29) is 17.5 Å². The lowest BCUT2D eigenvalue weighted by Crippen LogP contribution is -2.22. The molecule has 164 valence electrons. The second-order valence-electron chi connectivity index (χ2n) is 7.94. The maximum atomic E-state index is 13.3. The summed E-state index contributed by atoms with van der Waals surface area (Å²) in [5.74, 6) is 0.898. The highest BCUT2D eigenvalue weighted by molar-refractivity contribution is 5.97. The second-order valence-corrected chi connectivity index (χ2v) is 7.94. The molecule has 1 amide bonds. The van der Waals surface area contributed by atoms with Crippen LogP contribution in [0.15, 0.2) is 66.7 Å². The van der Waals surface area contributed by atoms with Gasteiger partial charge in [-0.15, -0.1) is 0 Å². The first kappa shape index (κ1) is 21.4. The number of nitrogens with one attached hydrogen (secondary N) is 1. The lowest BCUT2D eigenvalue weighted by molar-refractivity contribution is -0.384. The van der Waals surface area contributed by atoms with Gasteiger partial charge in [-0.1, -0.05) is 30.3 Å². The van der Waals surface area contributed by atoms with Crippen molar-refractivity contribution in [3.63, 3.8) is 0 Å². The molecule has 7 nitrogen and oxygen atoms in total. The number of hydrogen-bond acceptors (Lipinski definition) is 5. The molecular weight excluding hydrogens is 408 g/mol. The Labute approximate surface area is 186 Å². The molecule has 3 aromatic carbocycles. The van der Waals surface area contributed by atoms with Crippen molar-refractivity contribution in [1.82, 2.24) is 0 Å². The summed E-state index contributed by atoms with van der Waals surface area (Å²) in [6.07, 6.45) is 0.604. The fourth-order valence-electron chi connectivity index (χ4n) is 4.26. The van der Waals surface area contributed by atoms with Crippen LogP contribution in [-0.2, 0) is 10.2 Å². The van der Waals surface area contributed by atoms with Gasteiger partial charge in [-0.05, 0) is 54.3 Å². The molecule has 1 fully saturated rings. The summed E-state index contributed by atoms with van der Waals surface area (Å²) in [4.78, 5) is 24.0. The van der Waals surface area contributed by atoms with E-state index in [9.17, 15) is 14.9 Å². The number of methoxy groups -OCH3 is 2. The van der Waals surface area contributed by atoms with Gasteiger partial charge in [-0.2, -0.15) is 0 Å². The number of carbonyl (C=O) groups excluding carboxylic acids is 1. The molecule has 4 rings (SSSR count). The van der Waals surface area contributed by atoms with Crippen LogP contribution in [0.5, 0.6) is 11.5 Å². The Kier molecular flexibility index (Phi) is 5.57. The first-order chi connectivity index (χ1) is 15.4. The fraction of sp³-hybridized carbons (Fsp3) is 0.240. The maximum absolute atomic E-state index is 13.3. The average Bonchev–Trinajstić information content (AvgIpc) is 3.58. The van der Waals surface area contributed by atoms with E-state index in [1.807, 2.05) is 55.5 Å². The zero-order chi connectivity index (χ0) is 22.9. The van der Waals surface area contributed by atoms with Crippen LogP contribution >= 0.6 is 0 Å². The third-order valence-electron chi connectivity index (χ3n) is 6.14. The van der Waals surface area contributed by atoms with Gasteiger partial charge in [0.05, 0.1) is 30.7 Å². The number of nitro benzene ring substituents is 1. The van der Waals surface area contributed by atoms with Crippen LogP contribution in [0.2, 0.25) is 0 Å². The molecule has 1 N–H and O–H groups in total. The minimum Gasteiger partial charge on any atom is -0.497 e. The molecule has 0 heterocycles. The largest absolute Gasteiger partial charge is 0.497 e. The lowest BCUT2D eigenvalue weighted by Gasteiger charge is -2.20. The smallest absolute Gasteiger partial charge is 0.271 e. The van der Waals surface area contributed by atoms with Crippen LogP contribution in [0.1, 0.15) is 23.1 Å². The van der Waals surface area contributed by atoms with Crippen molar-refractivity contribution in [2.45, 2.75) is 18.8 Å². The molecule has 0 radical (unpaired) electrons. The van der Waals surface area contributed by atoms with E-state index in [0.717, 1.165) is 16.7 Å². The van der Waals surface area contributed by atoms with E-state index >= 15 is 0 Å². The molecule has 0 saturated heterocycles. The average molecular weight is 432 g/mol. The van der Waals surface area contributed by atoms with Crippen LogP contribution in [0.25, 0.3) is 0 Å². The number of benzene rings is 3. The molecular formula is C25H24N2O5. The fourth-order valence-corrected chi connectivity index (χ4v) is 4.26. The Bertz CT molecular complexity index is 1140. The number of non-ortho nitro benzene ring substituents is 1. The summed E-state index contributed by atoms with van der Waals surface area (Å²) in [5, 5.41) is 14.1. The van der Waals surface area contributed by atoms with Crippen LogP contribution in [0.3, 0.4) is 0 Å². The highest BCUT2D eigenvalue weighted by Crippen LogP contribution is 2.60. The number of hydrogen-bond donors (Lipinski definition) is 1. The molecule has 1 aliphatic carbocycles. The Morgan fingerprint density at radius 1 is 1.00 bits per heavy atom. The van der Waals surface area contributed by atoms with Gasteiger partial charge >= 0.3 is 0 Å². The summed E-state index contributed by atoms with van der Waals surface area (Å²) < 4.78 is 10.8. The molecule has 3 aromatic rings. The van der Waals surface area contributed by atoms with Gasteiger partial charge in [0, 0.05) is 17.5 Å². The van der Waals surface area contributed by atoms with Crippen LogP contribution in [0.4, 0.5) is 11.4 Å². The summed E-state index contributed by atoms with van der Waals surface area (Å²) in [6, 6.07) is 19.9. The van der Waals surface area contributed by atoms with Crippen molar-refractivity contribution >= 4 is 17.3 Å². The van der Waals surface area contributed by atoms with Crippen LogP contribution in [-0.4, -0.2) is 25.1 Å². The van der Waals surface area contributed by atoms with Gasteiger partial charge in [0.2, 0.25) is 5.91 Å². The van der Waals surface area contributed by atoms with Crippen molar-refractivity contribution in [2.24, 2.45) is 5.92 Å². The van der Waals surface area contributed by atoms with Gasteiger partial charge < -0.3 is 14.8 Å². The highest BCUT2D eigenvalue weighted by atomic mass is 16.6. The van der Waals surface area contributed by atoms with Crippen LogP contribution in [0, 0.1) is 23.0 Å². The minimum atomic E-state index is -0.540. The zero-order valence-corrected chi connectivity index (χ0v) is 18.1. The quantitative estimate of drug-likeness (QED) is 0.425. The molecule has 32 heavy (non-hydrogen) atoms. The topological polar surface area (TPSA) is 90.7 Å². The van der Waals surface area contributed by atoms with Gasteiger partial charge in [0.15, 0.2) is 0 Å². The molecule has 1 atom stereocenters. The summed E-state index contributed by atoms with van der Waals surface area (Å²) in [5.41, 5.74) is 2.55. The first-order valence-electron chi connectivity index (χ1n) is 10.2. The highest BCUT2D eigenvalue weighted by Gasteiger charge is 2.60. The Hall–Kier alpha value is -3.87. The summed E-state index contributed by atoms with van der Waals surface area (Å²) in [6.45, 7) is 1.81. The van der Waals surface area contributed by atoms with E-state index in [4.69, 9.17) is 9.47 Å². The zero-order valence-electron chi connectivity index (χ0n) is 18.1. The first-order valence-corrected chi connectivity index (χ1v) is 10.2. The minimum absolute atomic E-state index is 0.0615. The van der Waals surface area contributed by atoms with Gasteiger partial charge in [0.1, 0.15) is 11.5 Å². The molecule has 0 aliphatic heterocycles. The number of nitrogens with zero attached hydrogens (tertiary/aromatic N) is 1. The predicted molar refractivity (Wildman–Crippen MR) is 121 cm³/mol. The summed E-state index contributed by atoms with van der Waals surface area (Å²) in [7, 11) is 3.22. The molecule has 0 bridgehead atoms. The van der Waals surface area contributed by atoms with Crippen molar-refractivity contribution in [1.29, 1.82) is 0 Å². The monoisotopic (exact) mass is 432 g/mol. The van der Waals surface area contributed by atoms with E-state index in [0.29, 0.717) is 23.6 Å². The number of rotatable bonds is 7. The molecule has 7 heteroatoms. The van der Waals surface area contributed by atoms with Crippen molar-refractivity contribution in [2.75, 3.05) is 19.5 Å². The number of anilines is 1. The number of ether oxygens (including phenoxy) is 2. The van der Waals surface area contributed by atoms with E-state index in [1.54, 1.807) is 20.3 Å². The van der Waals surface area contributed by atoms with E-state index in [1.165, 1.54) is 12.1 Å². The predicted octanol–water partition coefficient (Wildman–Crippen LogP) is 4.87. The van der Waals surface area contributed by atoms with Gasteiger partial charge in [0.25, 0.3) is 5.69 Å². The second kappa shape index (κ2) is 8.34. The maximum Gasteiger partial charge on any atom is 0.271 e. The Morgan fingerprint density at radius 2 is 1.59 bits per heavy atom. The number of aryl methyl sites for hydroxylation is 1.